The van der Waals surface area contributed by atoms with Crippen molar-refractivity contribution >= 4 is 5.91 Å². The Kier molecular flexibility index (Phi) is 4.68. The topological polar surface area (TPSA) is 53.0 Å². The molecule has 25 heavy (non-hydrogen) atoms. The van der Waals surface area contributed by atoms with Gasteiger partial charge in [0.15, 0.2) is 6.61 Å². The van der Waals surface area contributed by atoms with Crippen LogP contribution in [-0.2, 0) is 4.79 Å². The first-order valence-electron chi connectivity index (χ1n) is 8.26. The third-order valence-corrected chi connectivity index (χ3v) is 4.72. The molecule has 2 atom stereocenters. The Morgan fingerprint density at radius 1 is 1.20 bits per heavy atom. The predicted molar refractivity (Wildman–Crippen MR) is 83.9 cm³/mol. The summed E-state index contributed by atoms with van der Waals surface area (Å²) in [5.41, 5.74) is 1.93. The summed E-state index contributed by atoms with van der Waals surface area (Å²) >= 11 is 0. The number of nitrogens with zero attached hydrogens (tertiary/aromatic N) is 2. The van der Waals surface area contributed by atoms with E-state index in [-0.39, 0.29) is 11.7 Å². The second-order valence-corrected chi connectivity index (χ2v) is 6.60. The van der Waals surface area contributed by atoms with E-state index in [1.54, 1.807) is 23.9 Å². The normalized spacial score (nSPS) is 24.6. The number of aryl methyl sites for hydroxylation is 2. The minimum absolute atomic E-state index is 0.106. The van der Waals surface area contributed by atoms with E-state index in [0.29, 0.717) is 29.8 Å². The van der Waals surface area contributed by atoms with Crippen molar-refractivity contribution in [3.05, 3.63) is 28.8 Å². The lowest BCUT2D eigenvalue weighted by Gasteiger charge is -2.33. The number of fused-ring (bicyclic) bond motifs is 1. The first-order valence-corrected chi connectivity index (χ1v) is 8.26. The summed E-state index contributed by atoms with van der Waals surface area (Å²) in [6, 6.07) is 2.97. The van der Waals surface area contributed by atoms with Crippen molar-refractivity contribution in [1.29, 1.82) is 0 Å². The molecule has 3 rings (SSSR count). The molecule has 0 aliphatic carbocycles. The predicted octanol–water partition coefficient (Wildman–Crippen LogP) is 2.50. The van der Waals surface area contributed by atoms with Gasteiger partial charge >= 0.3 is 6.18 Å². The van der Waals surface area contributed by atoms with Gasteiger partial charge in [0, 0.05) is 13.1 Å². The number of rotatable bonds is 3. The van der Waals surface area contributed by atoms with Gasteiger partial charge in [0.1, 0.15) is 17.9 Å². The third kappa shape index (κ3) is 3.46. The zero-order valence-electron chi connectivity index (χ0n) is 14.1. The van der Waals surface area contributed by atoms with Gasteiger partial charge < -0.3 is 9.84 Å². The first kappa shape index (κ1) is 18.0. The number of ether oxygens (including phenoxy) is 1. The molecular formula is C17H21F3N2O3. The number of aliphatic hydroxyl groups is 1. The van der Waals surface area contributed by atoms with Gasteiger partial charge in [0.2, 0.25) is 5.91 Å². The fourth-order valence-electron chi connectivity index (χ4n) is 3.70. The molecule has 0 aromatic heterocycles. The van der Waals surface area contributed by atoms with Gasteiger partial charge in [-0.1, -0.05) is 0 Å². The summed E-state index contributed by atoms with van der Waals surface area (Å²) < 4.78 is 41.8. The largest absolute Gasteiger partial charge is 0.484 e. The summed E-state index contributed by atoms with van der Waals surface area (Å²) in [5, 5.41) is 13.9. The lowest BCUT2D eigenvalue weighted by Crippen LogP contribution is -2.46. The molecule has 8 heteroatoms. The number of carbonyl (C=O) groups excluding carboxylic acids is 1. The molecule has 2 fully saturated rings. The van der Waals surface area contributed by atoms with E-state index in [0.717, 1.165) is 12.8 Å². The van der Waals surface area contributed by atoms with Crippen LogP contribution in [0, 0.1) is 13.8 Å². The van der Waals surface area contributed by atoms with Crippen LogP contribution in [0.25, 0.3) is 0 Å². The van der Waals surface area contributed by atoms with E-state index >= 15 is 0 Å². The number of hydrazine groups is 1. The second-order valence-electron chi connectivity index (χ2n) is 6.60. The average molecular weight is 358 g/mol. The molecule has 2 unspecified atom stereocenters. The molecular weight excluding hydrogens is 337 g/mol. The lowest BCUT2D eigenvalue weighted by molar-refractivity contribution is -0.153. The van der Waals surface area contributed by atoms with E-state index in [9.17, 15) is 23.1 Å². The van der Waals surface area contributed by atoms with Crippen molar-refractivity contribution in [3.63, 3.8) is 0 Å². The van der Waals surface area contributed by atoms with Crippen molar-refractivity contribution < 1.29 is 27.8 Å². The zero-order chi connectivity index (χ0) is 18.4. The van der Waals surface area contributed by atoms with E-state index in [1.165, 1.54) is 12.1 Å². The maximum Gasteiger partial charge on any atom is 0.422 e. The second kappa shape index (κ2) is 6.49. The Balaban J connectivity index is 1.88. The van der Waals surface area contributed by atoms with Crippen molar-refractivity contribution in [2.75, 3.05) is 19.7 Å². The van der Waals surface area contributed by atoms with E-state index in [2.05, 4.69) is 0 Å². The Hall–Kier alpha value is -1.80. The number of alkyl halides is 3. The quantitative estimate of drug-likeness (QED) is 0.902. The van der Waals surface area contributed by atoms with Gasteiger partial charge in [-0.05, 0) is 55.5 Å². The molecule has 2 aliphatic heterocycles. The SMILES string of the molecule is Cc1cc(OCC(F)(F)F)cc(C)c1C1C(=O)N2CCCCN2C1O. The number of hydrogen-bond acceptors (Lipinski definition) is 4. The Morgan fingerprint density at radius 3 is 2.36 bits per heavy atom. The van der Waals surface area contributed by atoms with Crippen LogP contribution in [0.4, 0.5) is 13.2 Å². The van der Waals surface area contributed by atoms with E-state index in [1.807, 2.05) is 0 Å². The molecule has 2 heterocycles. The standard InChI is InChI=1S/C17H21F3N2O3/c1-10-7-12(25-9-17(18,19)20)8-11(2)13(10)14-15(23)21-5-3-4-6-22(21)16(14)24/h7-8,14-15,23H,3-6,9H2,1-2H3. The molecule has 1 aromatic carbocycles. The van der Waals surface area contributed by atoms with Crippen LogP contribution in [0.15, 0.2) is 12.1 Å². The summed E-state index contributed by atoms with van der Waals surface area (Å²) in [5.74, 6) is -0.786. The molecule has 0 saturated carbocycles. The number of halogens is 3. The summed E-state index contributed by atoms with van der Waals surface area (Å²) in [6.45, 7) is 3.27. The summed E-state index contributed by atoms with van der Waals surface area (Å²) in [4.78, 5) is 12.7. The molecule has 1 amide bonds. The highest BCUT2D eigenvalue weighted by molar-refractivity contribution is 5.87. The number of benzene rings is 1. The Morgan fingerprint density at radius 2 is 1.80 bits per heavy atom. The summed E-state index contributed by atoms with van der Waals surface area (Å²) in [6.07, 6.45) is -3.55. The smallest absolute Gasteiger partial charge is 0.422 e. The molecule has 138 valence electrons. The van der Waals surface area contributed by atoms with Crippen LogP contribution in [0.5, 0.6) is 5.75 Å². The van der Waals surface area contributed by atoms with E-state index in [4.69, 9.17) is 4.74 Å². The van der Waals surface area contributed by atoms with Gasteiger partial charge in [0.25, 0.3) is 0 Å². The minimum Gasteiger partial charge on any atom is -0.484 e. The molecule has 0 spiro atoms. The van der Waals surface area contributed by atoms with Gasteiger partial charge in [-0.15, -0.1) is 0 Å². The zero-order valence-corrected chi connectivity index (χ0v) is 14.1. The number of aliphatic hydroxyl groups excluding tert-OH is 1. The highest BCUT2D eigenvalue weighted by atomic mass is 19.4. The fourth-order valence-corrected chi connectivity index (χ4v) is 3.70. The number of amides is 1. The van der Waals surface area contributed by atoms with Crippen LogP contribution in [0.2, 0.25) is 0 Å². The number of hydrogen-bond donors (Lipinski definition) is 1. The molecule has 0 radical (unpaired) electrons. The van der Waals surface area contributed by atoms with Crippen LogP contribution in [0.1, 0.15) is 35.4 Å². The maximum atomic E-state index is 12.7. The van der Waals surface area contributed by atoms with Crippen molar-refractivity contribution in [2.45, 2.75) is 45.0 Å². The highest BCUT2D eigenvalue weighted by Crippen LogP contribution is 2.39. The van der Waals surface area contributed by atoms with Crippen molar-refractivity contribution in [1.82, 2.24) is 10.0 Å². The molecule has 0 bridgehead atoms. The molecule has 2 saturated heterocycles. The van der Waals surface area contributed by atoms with Crippen LogP contribution < -0.4 is 4.74 Å². The first-order chi connectivity index (χ1) is 11.7. The molecule has 2 aliphatic rings. The van der Waals surface area contributed by atoms with Crippen molar-refractivity contribution in [2.24, 2.45) is 0 Å². The van der Waals surface area contributed by atoms with Crippen LogP contribution in [-0.4, -0.2) is 53.1 Å². The minimum atomic E-state index is -4.41. The fraction of sp³-hybridized carbons (Fsp3) is 0.588. The van der Waals surface area contributed by atoms with E-state index < -0.39 is 24.9 Å². The number of carbonyl (C=O) groups is 1. The monoisotopic (exact) mass is 358 g/mol. The van der Waals surface area contributed by atoms with Crippen molar-refractivity contribution in [3.8, 4) is 5.75 Å². The third-order valence-electron chi connectivity index (χ3n) is 4.72. The molecule has 1 aromatic rings. The molecule has 1 N–H and O–H groups in total. The average Bonchev–Trinajstić information content (AvgIpc) is 2.77. The lowest BCUT2D eigenvalue weighted by atomic mass is 9.89. The van der Waals surface area contributed by atoms with Gasteiger partial charge in [0.05, 0.1) is 0 Å². The maximum absolute atomic E-state index is 12.7. The highest BCUT2D eigenvalue weighted by Gasteiger charge is 2.48. The van der Waals surface area contributed by atoms with Gasteiger partial charge in [-0.2, -0.15) is 18.2 Å². The van der Waals surface area contributed by atoms with Gasteiger partial charge in [-0.25, -0.2) is 0 Å². The Bertz CT molecular complexity index is 655. The van der Waals surface area contributed by atoms with Crippen LogP contribution in [0.3, 0.4) is 0 Å². The summed E-state index contributed by atoms with van der Waals surface area (Å²) in [7, 11) is 0. The van der Waals surface area contributed by atoms with Gasteiger partial charge in [-0.3, -0.25) is 9.80 Å². The Labute approximate surface area is 143 Å². The van der Waals surface area contributed by atoms with Crippen LogP contribution >= 0.6 is 0 Å². The molecule has 5 nitrogen and oxygen atoms in total.